The van der Waals surface area contributed by atoms with E-state index in [0.717, 1.165) is 18.2 Å². The lowest BCUT2D eigenvalue weighted by molar-refractivity contribution is -0.145. The summed E-state index contributed by atoms with van der Waals surface area (Å²) in [5.41, 5.74) is 0.187. The van der Waals surface area contributed by atoms with Crippen molar-refractivity contribution in [3.8, 4) is 0 Å². The Hall–Kier alpha value is -1.78. The highest BCUT2D eigenvalue weighted by atomic mass is 19.1. The van der Waals surface area contributed by atoms with Crippen molar-refractivity contribution in [3.05, 3.63) is 35.4 Å². The normalized spacial score (nSPS) is 20.6. The van der Waals surface area contributed by atoms with Crippen molar-refractivity contribution in [2.75, 3.05) is 6.61 Å². The molecule has 0 spiro atoms. The highest BCUT2D eigenvalue weighted by molar-refractivity contribution is 5.91. The second kappa shape index (κ2) is 6.11. The Morgan fingerprint density at radius 3 is 2.75 bits per heavy atom. The largest absolute Gasteiger partial charge is 0.466 e. The summed E-state index contributed by atoms with van der Waals surface area (Å²) in [6, 6.07) is 3.18. The van der Waals surface area contributed by atoms with Crippen LogP contribution in [0.4, 0.5) is 8.78 Å². The van der Waals surface area contributed by atoms with E-state index in [1.165, 1.54) is 0 Å². The molecule has 0 aliphatic heterocycles. The van der Waals surface area contributed by atoms with Crippen LogP contribution >= 0.6 is 0 Å². The summed E-state index contributed by atoms with van der Waals surface area (Å²) in [6.45, 7) is 2.01. The van der Waals surface area contributed by atoms with Gasteiger partial charge >= 0.3 is 5.97 Å². The van der Waals surface area contributed by atoms with E-state index in [0.29, 0.717) is 13.0 Å². The van der Waals surface area contributed by atoms with Crippen LogP contribution in [0.2, 0.25) is 0 Å². The van der Waals surface area contributed by atoms with Crippen LogP contribution in [-0.2, 0) is 20.7 Å². The van der Waals surface area contributed by atoms with Gasteiger partial charge in [0.05, 0.1) is 12.5 Å². The van der Waals surface area contributed by atoms with Gasteiger partial charge in [0, 0.05) is 12.3 Å². The van der Waals surface area contributed by atoms with Gasteiger partial charge < -0.3 is 4.74 Å². The average molecular weight is 282 g/mol. The summed E-state index contributed by atoms with van der Waals surface area (Å²) in [5, 5.41) is 0. The smallest absolute Gasteiger partial charge is 0.309 e. The molecule has 2 rings (SSSR count). The molecule has 5 heteroatoms. The Balaban J connectivity index is 1.85. The SMILES string of the molecule is CCOC(=O)[C@H]1C[C@@H]1C(=O)CCc1cc(F)ccc1F. The van der Waals surface area contributed by atoms with Gasteiger partial charge in [-0.3, -0.25) is 9.59 Å². The fourth-order valence-electron chi connectivity index (χ4n) is 2.24. The fourth-order valence-corrected chi connectivity index (χ4v) is 2.24. The number of ketones is 1. The van der Waals surface area contributed by atoms with Crippen LogP contribution in [0.5, 0.6) is 0 Å². The minimum Gasteiger partial charge on any atom is -0.466 e. The lowest BCUT2D eigenvalue weighted by Crippen LogP contribution is -2.12. The Kier molecular flexibility index (Phi) is 4.47. The van der Waals surface area contributed by atoms with Crippen LogP contribution < -0.4 is 0 Å². The van der Waals surface area contributed by atoms with E-state index < -0.39 is 11.6 Å². The first kappa shape index (κ1) is 14.6. The maximum Gasteiger partial charge on any atom is 0.309 e. The number of rotatable bonds is 6. The van der Waals surface area contributed by atoms with Gasteiger partial charge in [-0.25, -0.2) is 8.78 Å². The monoisotopic (exact) mass is 282 g/mol. The van der Waals surface area contributed by atoms with Crippen LogP contribution in [0.1, 0.15) is 25.3 Å². The zero-order valence-electron chi connectivity index (χ0n) is 11.2. The Morgan fingerprint density at radius 1 is 1.30 bits per heavy atom. The first-order valence-electron chi connectivity index (χ1n) is 6.66. The van der Waals surface area contributed by atoms with E-state index in [1.807, 2.05) is 0 Å². The molecule has 0 heterocycles. The van der Waals surface area contributed by atoms with Crippen LogP contribution in [0.25, 0.3) is 0 Å². The number of hydrogen-bond donors (Lipinski definition) is 0. The van der Waals surface area contributed by atoms with Crippen molar-refractivity contribution in [3.63, 3.8) is 0 Å². The summed E-state index contributed by atoms with van der Waals surface area (Å²) in [7, 11) is 0. The molecule has 20 heavy (non-hydrogen) atoms. The van der Waals surface area contributed by atoms with Gasteiger partial charge in [-0.15, -0.1) is 0 Å². The summed E-state index contributed by atoms with van der Waals surface area (Å²) in [4.78, 5) is 23.3. The Labute approximate surface area is 115 Å². The lowest BCUT2D eigenvalue weighted by atomic mass is 10.0. The van der Waals surface area contributed by atoms with Gasteiger partial charge in [0.2, 0.25) is 0 Å². The lowest BCUT2D eigenvalue weighted by Gasteiger charge is -2.03. The third-order valence-electron chi connectivity index (χ3n) is 3.44. The standard InChI is InChI=1S/C15H16F2O3/c1-2-20-15(19)12-8-11(12)14(18)6-3-9-7-10(16)4-5-13(9)17/h4-5,7,11-12H,2-3,6,8H2,1H3/t11-,12-/m0/s1. The topological polar surface area (TPSA) is 43.4 Å². The first-order valence-corrected chi connectivity index (χ1v) is 6.66. The van der Waals surface area contributed by atoms with Gasteiger partial charge in [0.25, 0.3) is 0 Å². The molecule has 0 N–H and O–H groups in total. The van der Waals surface area contributed by atoms with Gasteiger partial charge in [-0.2, -0.15) is 0 Å². The number of benzene rings is 1. The van der Waals surface area contributed by atoms with Crippen molar-refractivity contribution >= 4 is 11.8 Å². The molecule has 1 aliphatic rings. The molecular formula is C15H16F2O3. The zero-order valence-corrected chi connectivity index (χ0v) is 11.2. The molecule has 3 nitrogen and oxygen atoms in total. The molecule has 0 aromatic heterocycles. The van der Waals surface area contributed by atoms with Gasteiger partial charge in [-0.05, 0) is 43.5 Å². The molecule has 1 aromatic rings. The van der Waals surface area contributed by atoms with E-state index in [9.17, 15) is 18.4 Å². The van der Waals surface area contributed by atoms with E-state index in [4.69, 9.17) is 4.74 Å². The van der Waals surface area contributed by atoms with E-state index in [2.05, 4.69) is 0 Å². The third kappa shape index (κ3) is 3.40. The van der Waals surface area contributed by atoms with Crippen LogP contribution in [0.3, 0.4) is 0 Å². The molecular weight excluding hydrogens is 266 g/mol. The molecule has 1 saturated carbocycles. The Morgan fingerprint density at radius 2 is 2.05 bits per heavy atom. The van der Waals surface area contributed by atoms with Crippen LogP contribution in [-0.4, -0.2) is 18.4 Å². The summed E-state index contributed by atoms with van der Waals surface area (Å²) >= 11 is 0. The molecule has 0 radical (unpaired) electrons. The van der Waals surface area contributed by atoms with Crippen LogP contribution in [0.15, 0.2) is 18.2 Å². The number of ether oxygens (including phenoxy) is 1. The van der Waals surface area contributed by atoms with Crippen molar-refractivity contribution in [2.24, 2.45) is 11.8 Å². The molecule has 0 amide bonds. The molecule has 108 valence electrons. The number of aryl methyl sites for hydroxylation is 1. The molecule has 2 atom stereocenters. The minimum absolute atomic E-state index is 0.0910. The number of carbonyl (C=O) groups is 2. The van der Waals surface area contributed by atoms with Crippen molar-refractivity contribution < 1.29 is 23.1 Å². The van der Waals surface area contributed by atoms with Gasteiger partial charge in [-0.1, -0.05) is 0 Å². The molecule has 1 fully saturated rings. The molecule has 0 bridgehead atoms. The molecule has 0 saturated heterocycles. The molecule has 0 unspecified atom stereocenters. The highest BCUT2D eigenvalue weighted by Gasteiger charge is 2.48. The quantitative estimate of drug-likeness (QED) is 0.753. The Bertz CT molecular complexity index is 528. The predicted octanol–water partition coefficient (Wildman–Crippen LogP) is 2.67. The number of Topliss-reactive ketones (excluding diaryl/α,β-unsaturated/α-hetero) is 1. The minimum atomic E-state index is -0.523. The van der Waals surface area contributed by atoms with Crippen molar-refractivity contribution in [2.45, 2.75) is 26.2 Å². The summed E-state index contributed by atoms with van der Waals surface area (Å²) in [5.74, 6) is -2.14. The van der Waals surface area contributed by atoms with Crippen molar-refractivity contribution in [1.29, 1.82) is 0 Å². The highest BCUT2D eigenvalue weighted by Crippen LogP contribution is 2.41. The maximum atomic E-state index is 13.4. The van der Waals surface area contributed by atoms with E-state index in [1.54, 1.807) is 6.92 Å². The third-order valence-corrected chi connectivity index (χ3v) is 3.44. The second-order valence-electron chi connectivity index (χ2n) is 4.90. The van der Waals surface area contributed by atoms with Crippen LogP contribution in [0, 0.1) is 23.5 Å². The van der Waals surface area contributed by atoms with E-state index >= 15 is 0 Å². The predicted molar refractivity (Wildman–Crippen MR) is 67.9 cm³/mol. The summed E-state index contributed by atoms with van der Waals surface area (Å²) in [6.07, 6.45) is 0.763. The number of hydrogen-bond acceptors (Lipinski definition) is 3. The first-order chi connectivity index (χ1) is 9.52. The maximum absolute atomic E-state index is 13.4. The molecule has 1 aromatic carbocycles. The van der Waals surface area contributed by atoms with Gasteiger partial charge in [0.15, 0.2) is 0 Å². The van der Waals surface area contributed by atoms with Gasteiger partial charge in [0.1, 0.15) is 17.4 Å². The molecule has 1 aliphatic carbocycles. The van der Waals surface area contributed by atoms with Crippen molar-refractivity contribution in [1.82, 2.24) is 0 Å². The zero-order chi connectivity index (χ0) is 14.7. The number of carbonyl (C=O) groups excluding carboxylic acids is 2. The fraction of sp³-hybridized carbons (Fsp3) is 0.467. The second-order valence-corrected chi connectivity index (χ2v) is 4.90. The number of halogens is 2. The summed E-state index contributed by atoms with van der Waals surface area (Å²) < 4.78 is 31.2. The van der Waals surface area contributed by atoms with E-state index in [-0.39, 0.29) is 42.0 Å². The number of esters is 1. The average Bonchev–Trinajstić information content (AvgIpc) is 3.20.